The minimum Gasteiger partial charge on any atom is -0.378 e. The van der Waals surface area contributed by atoms with E-state index in [1.54, 1.807) is 11.0 Å². The van der Waals surface area contributed by atoms with Crippen LogP contribution in [0.5, 0.6) is 0 Å². The summed E-state index contributed by atoms with van der Waals surface area (Å²) < 4.78 is 45.5. The quantitative estimate of drug-likeness (QED) is 0.743. The number of alkyl halides is 3. The number of rotatable bonds is 3. The Morgan fingerprint density at radius 2 is 1.74 bits per heavy atom. The molecule has 166 valence electrons. The number of ether oxygens (including phenoxy) is 1. The summed E-state index contributed by atoms with van der Waals surface area (Å²) in [4.78, 5) is 12.3. The third-order valence-electron chi connectivity index (χ3n) is 4.74. The van der Waals surface area contributed by atoms with Crippen LogP contribution in [0.4, 0.5) is 24.5 Å². The van der Waals surface area contributed by atoms with Crippen LogP contribution in [0.25, 0.3) is 0 Å². The van der Waals surface area contributed by atoms with Gasteiger partial charge >= 0.3 is 6.18 Å². The molecule has 2 aliphatic heterocycles. The van der Waals surface area contributed by atoms with E-state index in [1.807, 2.05) is 35.2 Å². The molecule has 1 saturated heterocycles. The van der Waals surface area contributed by atoms with Crippen molar-refractivity contribution in [3.05, 3.63) is 60.2 Å². The molecule has 11 heteroatoms. The Bertz CT molecular complexity index is 947. The van der Waals surface area contributed by atoms with E-state index in [0.29, 0.717) is 38.0 Å². The Labute approximate surface area is 183 Å². The van der Waals surface area contributed by atoms with Crippen molar-refractivity contribution in [2.24, 2.45) is 15.7 Å². The molecular weight excluding hydrogens is 433 g/mol. The summed E-state index contributed by atoms with van der Waals surface area (Å²) in [5, 5.41) is 3.23. The van der Waals surface area contributed by atoms with Gasteiger partial charge in [0, 0.05) is 24.5 Å². The lowest BCUT2D eigenvalue weighted by molar-refractivity contribution is -0.137. The zero-order valence-electron chi connectivity index (χ0n) is 16.4. The van der Waals surface area contributed by atoms with Gasteiger partial charge in [-0.3, -0.25) is 4.90 Å². The first kappa shape index (κ1) is 22.7. The van der Waals surface area contributed by atoms with Crippen molar-refractivity contribution in [1.29, 1.82) is 0 Å². The van der Waals surface area contributed by atoms with E-state index in [9.17, 15) is 13.2 Å². The number of aliphatic imine (C=N–C) groups is 2. The minimum absolute atomic E-state index is 0. The minimum atomic E-state index is -4.47. The fourth-order valence-corrected chi connectivity index (χ4v) is 3.33. The number of anilines is 2. The monoisotopic (exact) mass is 454 g/mol. The SMILES string of the molecule is Cl.NC1=NC(Nc2ccccc2)N(c2cccc(C(F)(F)F)c2)C(N2CCOCC2)=N1. The average Bonchev–Trinajstić information content (AvgIpc) is 2.74. The molecule has 2 aromatic rings. The first-order chi connectivity index (χ1) is 14.4. The lowest BCUT2D eigenvalue weighted by atomic mass is 10.1. The number of nitrogens with two attached hydrogens (primary N) is 1. The summed E-state index contributed by atoms with van der Waals surface area (Å²) in [6.45, 7) is 2.06. The van der Waals surface area contributed by atoms with Gasteiger partial charge in [-0.15, -0.1) is 12.4 Å². The highest BCUT2D eigenvalue weighted by molar-refractivity contribution is 6.06. The number of benzene rings is 2. The standard InChI is InChI=1S/C20H21F3N6O.ClH/c21-20(22,23)14-5-4-8-16(13-14)29-18(25-15-6-2-1-3-7-15)26-17(24)27-19(29)28-9-11-30-12-10-28;/h1-8,13,18,25H,9-12H2,(H2,24,26);1H. The smallest absolute Gasteiger partial charge is 0.378 e. The van der Waals surface area contributed by atoms with Crippen molar-refractivity contribution >= 4 is 35.7 Å². The molecule has 0 amide bonds. The Morgan fingerprint density at radius 1 is 1.03 bits per heavy atom. The highest BCUT2D eigenvalue weighted by Crippen LogP contribution is 2.33. The Balaban J connectivity index is 0.00000272. The number of halogens is 4. The van der Waals surface area contributed by atoms with Crippen molar-refractivity contribution < 1.29 is 17.9 Å². The molecule has 2 aromatic carbocycles. The Morgan fingerprint density at radius 3 is 2.42 bits per heavy atom. The number of hydrogen-bond acceptors (Lipinski definition) is 7. The van der Waals surface area contributed by atoms with Crippen molar-refractivity contribution in [2.75, 3.05) is 36.5 Å². The second-order valence-corrected chi connectivity index (χ2v) is 6.80. The van der Waals surface area contributed by atoms with Gasteiger partial charge in [0.25, 0.3) is 0 Å². The highest BCUT2D eigenvalue weighted by Gasteiger charge is 2.35. The molecule has 2 aliphatic rings. The molecule has 1 fully saturated rings. The van der Waals surface area contributed by atoms with E-state index in [4.69, 9.17) is 10.5 Å². The maximum Gasteiger partial charge on any atom is 0.416 e. The van der Waals surface area contributed by atoms with Gasteiger partial charge in [0.1, 0.15) is 0 Å². The zero-order chi connectivity index (χ0) is 21.1. The second kappa shape index (κ2) is 9.44. The number of nitrogens with one attached hydrogen (secondary N) is 1. The van der Waals surface area contributed by atoms with Crippen molar-refractivity contribution in [2.45, 2.75) is 12.5 Å². The number of para-hydroxylation sites is 1. The number of nitrogens with zero attached hydrogens (tertiary/aromatic N) is 4. The molecule has 7 nitrogen and oxygen atoms in total. The first-order valence-electron chi connectivity index (χ1n) is 9.44. The normalized spacial score (nSPS) is 19.3. The van der Waals surface area contributed by atoms with Crippen LogP contribution in [0.1, 0.15) is 5.56 Å². The summed E-state index contributed by atoms with van der Waals surface area (Å²) in [6, 6.07) is 14.4. The van der Waals surface area contributed by atoms with E-state index in [1.165, 1.54) is 6.07 Å². The summed E-state index contributed by atoms with van der Waals surface area (Å²) >= 11 is 0. The van der Waals surface area contributed by atoms with Gasteiger partial charge in [-0.2, -0.15) is 18.2 Å². The van der Waals surface area contributed by atoms with Gasteiger partial charge in [-0.05, 0) is 30.3 Å². The van der Waals surface area contributed by atoms with Gasteiger partial charge in [0.05, 0.1) is 18.8 Å². The summed E-state index contributed by atoms with van der Waals surface area (Å²) in [7, 11) is 0. The molecule has 2 heterocycles. The molecule has 1 atom stereocenters. The maximum atomic E-state index is 13.4. The van der Waals surface area contributed by atoms with Crippen LogP contribution >= 0.6 is 12.4 Å². The predicted octanol–water partition coefficient (Wildman–Crippen LogP) is 3.35. The fraction of sp³-hybridized carbons (Fsp3) is 0.300. The second-order valence-electron chi connectivity index (χ2n) is 6.80. The third-order valence-corrected chi connectivity index (χ3v) is 4.74. The zero-order valence-corrected chi connectivity index (χ0v) is 17.2. The predicted molar refractivity (Wildman–Crippen MR) is 116 cm³/mol. The number of hydrogen-bond donors (Lipinski definition) is 2. The molecular formula is C20H22ClF3N6O. The molecule has 0 spiro atoms. The topological polar surface area (TPSA) is 78.5 Å². The molecule has 4 rings (SSSR count). The summed E-state index contributed by atoms with van der Waals surface area (Å²) in [5.41, 5.74) is 6.28. The molecule has 0 radical (unpaired) electrons. The molecule has 1 unspecified atom stereocenters. The van der Waals surface area contributed by atoms with Gasteiger partial charge in [-0.1, -0.05) is 24.3 Å². The highest BCUT2D eigenvalue weighted by atomic mass is 35.5. The number of morpholine rings is 1. The van der Waals surface area contributed by atoms with Crippen molar-refractivity contribution in [3.8, 4) is 0 Å². The number of guanidine groups is 2. The molecule has 0 aromatic heterocycles. The van der Waals surface area contributed by atoms with Crippen LogP contribution in [-0.2, 0) is 10.9 Å². The first-order valence-corrected chi connectivity index (χ1v) is 9.44. The fourth-order valence-electron chi connectivity index (χ4n) is 3.33. The van der Waals surface area contributed by atoms with Crippen LogP contribution in [0.2, 0.25) is 0 Å². The van der Waals surface area contributed by atoms with Crippen LogP contribution in [0.3, 0.4) is 0 Å². The van der Waals surface area contributed by atoms with E-state index < -0.39 is 18.0 Å². The lowest BCUT2D eigenvalue weighted by Gasteiger charge is -2.41. The van der Waals surface area contributed by atoms with Gasteiger partial charge in [-0.25, -0.2) is 4.99 Å². The van der Waals surface area contributed by atoms with E-state index in [2.05, 4.69) is 15.3 Å². The van der Waals surface area contributed by atoms with E-state index in [0.717, 1.165) is 17.8 Å². The molecule has 0 saturated carbocycles. The average molecular weight is 455 g/mol. The van der Waals surface area contributed by atoms with Crippen molar-refractivity contribution in [1.82, 2.24) is 4.90 Å². The Hall–Kier alpha value is -2.98. The molecule has 3 N–H and O–H groups in total. The largest absolute Gasteiger partial charge is 0.416 e. The Kier molecular flexibility index (Phi) is 6.91. The van der Waals surface area contributed by atoms with Crippen LogP contribution in [0, 0.1) is 0 Å². The van der Waals surface area contributed by atoms with Crippen LogP contribution in [-0.4, -0.2) is 49.4 Å². The van der Waals surface area contributed by atoms with Crippen molar-refractivity contribution in [3.63, 3.8) is 0 Å². The molecule has 31 heavy (non-hydrogen) atoms. The lowest BCUT2D eigenvalue weighted by Crippen LogP contribution is -2.57. The van der Waals surface area contributed by atoms with Crippen LogP contribution in [0.15, 0.2) is 64.6 Å². The van der Waals surface area contributed by atoms with Crippen LogP contribution < -0.4 is 16.0 Å². The van der Waals surface area contributed by atoms with Gasteiger partial charge in [0.2, 0.25) is 18.2 Å². The third kappa shape index (κ3) is 5.20. The van der Waals surface area contributed by atoms with E-state index in [-0.39, 0.29) is 18.4 Å². The molecule has 0 bridgehead atoms. The maximum absolute atomic E-state index is 13.4. The summed E-state index contributed by atoms with van der Waals surface area (Å²) in [5.74, 6) is 0.478. The van der Waals surface area contributed by atoms with Gasteiger partial charge in [0.15, 0.2) is 0 Å². The summed E-state index contributed by atoms with van der Waals surface area (Å²) in [6.07, 6.45) is -5.24. The molecule has 0 aliphatic carbocycles. The van der Waals surface area contributed by atoms with E-state index >= 15 is 0 Å². The van der Waals surface area contributed by atoms with Gasteiger partial charge < -0.3 is 20.7 Å².